The lowest BCUT2D eigenvalue weighted by Gasteiger charge is -2.45. The highest BCUT2D eigenvalue weighted by Crippen LogP contribution is 2.42. The molecule has 0 radical (unpaired) electrons. The van der Waals surface area contributed by atoms with Gasteiger partial charge in [0.05, 0.1) is 17.8 Å². The first-order valence-electron chi connectivity index (χ1n) is 12.0. The molecule has 2 aromatic heterocycles. The number of carbonyl (C=O) groups excluding carboxylic acids is 2. The Kier molecular flexibility index (Phi) is 4.59. The number of hydrogen-bond donors (Lipinski definition) is 2. The number of nitrogens with zero attached hydrogens (tertiary/aromatic N) is 5. The molecule has 0 spiro atoms. The van der Waals surface area contributed by atoms with Gasteiger partial charge in [0.15, 0.2) is 11.5 Å². The summed E-state index contributed by atoms with van der Waals surface area (Å²) < 4.78 is 5.31. The molecule has 1 saturated carbocycles. The summed E-state index contributed by atoms with van der Waals surface area (Å²) >= 11 is 0. The van der Waals surface area contributed by atoms with E-state index in [0.29, 0.717) is 24.3 Å². The van der Waals surface area contributed by atoms with Gasteiger partial charge < -0.3 is 19.6 Å². The quantitative estimate of drug-likeness (QED) is 0.739. The number of piperazine rings is 1. The maximum absolute atomic E-state index is 13.7. The zero-order valence-corrected chi connectivity index (χ0v) is 19.4. The first-order chi connectivity index (χ1) is 15.8. The van der Waals surface area contributed by atoms with Crippen LogP contribution in [0.5, 0.6) is 0 Å². The Labute approximate surface area is 192 Å². The van der Waals surface area contributed by atoms with Gasteiger partial charge in [0.25, 0.3) is 5.91 Å². The summed E-state index contributed by atoms with van der Waals surface area (Å²) in [7, 11) is 0. The van der Waals surface area contributed by atoms with Crippen molar-refractivity contribution in [1.82, 2.24) is 30.1 Å². The second-order valence-corrected chi connectivity index (χ2v) is 10.5. The van der Waals surface area contributed by atoms with Crippen molar-refractivity contribution < 1.29 is 14.1 Å². The molecule has 2 N–H and O–H groups in total. The zero-order chi connectivity index (χ0) is 22.9. The fourth-order valence-corrected chi connectivity index (χ4v) is 5.66. The minimum absolute atomic E-state index is 0.0477. The van der Waals surface area contributed by atoms with Crippen molar-refractivity contribution in [2.75, 3.05) is 25.0 Å². The predicted octanol–water partition coefficient (Wildman–Crippen LogP) is 2.87. The Morgan fingerprint density at radius 3 is 2.85 bits per heavy atom. The number of anilines is 1. The molecule has 0 unspecified atom stereocenters. The number of H-pyrrole nitrogens is 1. The highest BCUT2D eigenvalue weighted by atomic mass is 16.5. The summed E-state index contributed by atoms with van der Waals surface area (Å²) in [4.78, 5) is 32.9. The molecule has 6 rings (SSSR count). The van der Waals surface area contributed by atoms with Crippen LogP contribution in [0, 0.1) is 0 Å². The van der Waals surface area contributed by atoms with Crippen LogP contribution in [0.1, 0.15) is 79.9 Å². The van der Waals surface area contributed by atoms with Gasteiger partial charge in [0.1, 0.15) is 5.76 Å². The van der Waals surface area contributed by atoms with Gasteiger partial charge in [-0.3, -0.25) is 14.8 Å². The van der Waals surface area contributed by atoms with E-state index in [9.17, 15) is 9.59 Å². The van der Waals surface area contributed by atoms with Crippen molar-refractivity contribution in [2.45, 2.75) is 76.5 Å². The third-order valence-corrected chi connectivity index (χ3v) is 7.86. The Morgan fingerprint density at radius 1 is 1.24 bits per heavy atom. The fraction of sp³-hybridized carbons (Fsp3) is 0.652. The van der Waals surface area contributed by atoms with Crippen molar-refractivity contribution in [3.8, 4) is 0 Å². The van der Waals surface area contributed by atoms with Crippen LogP contribution in [-0.4, -0.2) is 73.7 Å². The number of carbonyl (C=O) groups is 2. The first kappa shape index (κ1) is 20.7. The number of aromatic amines is 1. The summed E-state index contributed by atoms with van der Waals surface area (Å²) in [5, 5.41) is 14.2. The highest BCUT2D eigenvalue weighted by Gasteiger charge is 2.47. The van der Waals surface area contributed by atoms with Crippen molar-refractivity contribution in [3.63, 3.8) is 0 Å². The molecule has 33 heavy (non-hydrogen) atoms. The van der Waals surface area contributed by atoms with Crippen LogP contribution in [0.4, 0.5) is 10.6 Å². The molecule has 0 bridgehead atoms. The minimum Gasteiger partial charge on any atom is -0.360 e. The number of hydrogen-bond acceptors (Lipinski definition) is 6. The molecule has 4 aliphatic rings. The second-order valence-electron chi connectivity index (χ2n) is 10.5. The first-order valence-corrected chi connectivity index (χ1v) is 12.0. The number of nitrogens with one attached hydrogen (secondary N) is 2. The van der Waals surface area contributed by atoms with Gasteiger partial charge in [0.2, 0.25) is 0 Å². The molecule has 3 aliphatic heterocycles. The number of fused-ring (bicyclic) bond motifs is 2. The molecular weight excluding hydrogens is 422 g/mol. The monoisotopic (exact) mass is 453 g/mol. The molecule has 1 aliphatic carbocycles. The molecule has 3 amide bonds. The van der Waals surface area contributed by atoms with Crippen LogP contribution in [0.15, 0.2) is 10.6 Å². The van der Waals surface area contributed by atoms with E-state index in [1.807, 2.05) is 23.6 Å². The SMILES string of the molecule is C[C@H]1CN2CCC[C@H]2CN1C(=O)N1Cc2c(NC(=O)c3cc(C4CC4)on3)n[nH]c2C1(C)C. The molecular formula is C23H31N7O3. The van der Waals surface area contributed by atoms with Crippen LogP contribution >= 0.6 is 0 Å². The maximum atomic E-state index is 13.7. The standard InChI is InChI=1S/C23H31N7O3/c1-13-10-28-8-4-5-15(28)11-29(13)22(32)30-12-16-19(23(30,2)3)25-26-20(16)24-21(31)17-9-18(33-27-17)14-6-7-14/h9,13-15H,4-8,10-12H2,1-3H3,(H2,24,25,26,31)/t13-,15-/m0/s1. The predicted molar refractivity (Wildman–Crippen MR) is 120 cm³/mol. The third kappa shape index (κ3) is 3.34. The largest absolute Gasteiger partial charge is 0.360 e. The molecule has 2 atom stereocenters. The minimum atomic E-state index is -0.554. The Morgan fingerprint density at radius 2 is 2.06 bits per heavy atom. The summed E-state index contributed by atoms with van der Waals surface area (Å²) in [5.74, 6) is 1.25. The fourth-order valence-electron chi connectivity index (χ4n) is 5.66. The molecule has 0 aromatic carbocycles. The molecule has 176 valence electrons. The molecule has 3 fully saturated rings. The van der Waals surface area contributed by atoms with Gasteiger partial charge in [0, 0.05) is 42.7 Å². The number of amides is 3. The van der Waals surface area contributed by atoms with Crippen LogP contribution in [0.25, 0.3) is 0 Å². The van der Waals surface area contributed by atoms with Crippen molar-refractivity contribution in [1.29, 1.82) is 0 Å². The smallest absolute Gasteiger partial charge is 0.321 e. The third-order valence-electron chi connectivity index (χ3n) is 7.86. The van der Waals surface area contributed by atoms with Gasteiger partial charge in [-0.1, -0.05) is 5.16 Å². The molecule has 2 saturated heterocycles. The van der Waals surface area contributed by atoms with Crippen molar-refractivity contribution in [3.05, 3.63) is 28.8 Å². The van der Waals surface area contributed by atoms with Crippen LogP contribution in [-0.2, 0) is 12.1 Å². The van der Waals surface area contributed by atoms with E-state index in [4.69, 9.17) is 4.52 Å². The zero-order valence-electron chi connectivity index (χ0n) is 19.4. The lowest BCUT2D eigenvalue weighted by atomic mass is 10.0. The van der Waals surface area contributed by atoms with Gasteiger partial charge in [-0.25, -0.2) is 4.79 Å². The molecule has 2 aromatic rings. The lowest BCUT2D eigenvalue weighted by molar-refractivity contribution is 0.0454. The highest BCUT2D eigenvalue weighted by molar-refractivity contribution is 6.02. The Hall–Kier alpha value is -2.88. The second kappa shape index (κ2) is 7.31. The summed E-state index contributed by atoms with van der Waals surface area (Å²) in [6.45, 7) is 9.43. The van der Waals surface area contributed by atoms with Crippen molar-refractivity contribution >= 4 is 17.8 Å². The molecule has 10 heteroatoms. The Balaban J connectivity index is 1.19. The van der Waals surface area contributed by atoms with Gasteiger partial charge in [-0.2, -0.15) is 5.10 Å². The lowest BCUT2D eigenvalue weighted by Crippen LogP contribution is -2.60. The number of aromatic nitrogens is 3. The topological polar surface area (TPSA) is 111 Å². The average Bonchev–Trinajstić information content (AvgIpc) is 3.13. The van der Waals surface area contributed by atoms with E-state index in [2.05, 4.69) is 32.5 Å². The van der Waals surface area contributed by atoms with Crippen LogP contribution in [0.2, 0.25) is 0 Å². The van der Waals surface area contributed by atoms with E-state index < -0.39 is 5.54 Å². The van der Waals surface area contributed by atoms with Gasteiger partial charge in [-0.05, 0) is 53.0 Å². The van der Waals surface area contributed by atoms with E-state index in [0.717, 1.165) is 55.9 Å². The van der Waals surface area contributed by atoms with Crippen LogP contribution < -0.4 is 5.32 Å². The summed E-state index contributed by atoms with van der Waals surface area (Å²) in [5.41, 5.74) is 1.40. The molecule has 5 heterocycles. The number of urea groups is 1. The normalized spacial score (nSPS) is 26.4. The van der Waals surface area contributed by atoms with E-state index in [1.54, 1.807) is 6.07 Å². The summed E-state index contributed by atoms with van der Waals surface area (Å²) in [6, 6.07) is 2.40. The average molecular weight is 454 g/mol. The van der Waals surface area contributed by atoms with Gasteiger partial charge >= 0.3 is 6.03 Å². The number of rotatable bonds is 3. The Bertz CT molecular complexity index is 1100. The van der Waals surface area contributed by atoms with Crippen molar-refractivity contribution in [2.24, 2.45) is 0 Å². The molecule has 10 nitrogen and oxygen atoms in total. The van der Waals surface area contributed by atoms with E-state index >= 15 is 0 Å². The van der Waals surface area contributed by atoms with E-state index in [-0.39, 0.29) is 23.7 Å². The maximum Gasteiger partial charge on any atom is 0.321 e. The van der Waals surface area contributed by atoms with E-state index in [1.165, 1.54) is 6.42 Å². The summed E-state index contributed by atoms with van der Waals surface area (Å²) in [6.07, 6.45) is 4.53. The van der Waals surface area contributed by atoms with Crippen LogP contribution in [0.3, 0.4) is 0 Å². The van der Waals surface area contributed by atoms with Gasteiger partial charge in [-0.15, -0.1) is 0 Å².